The van der Waals surface area contributed by atoms with Crippen LogP contribution in [0.2, 0.25) is 4.34 Å². The lowest BCUT2D eigenvalue weighted by Gasteiger charge is -2.29. The molecule has 8 heteroatoms. The van der Waals surface area contributed by atoms with Gasteiger partial charge in [0.2, 0.25) is 0 Å². The first kappa shape index (κ1) is 17.6. The van der Waals surface area contributed by atoms with Crippen LogP contribution in [0.5, 0.6) is 0 Å². The van der Waals surface area contributed by atoms with Crippen LogP contribution < -0.4 is 5.32 Å². The van der Waals surface area contributed by atoms with Crippen LogP contribution in [0.1, 0.15) is 19.3 Å². The van der Waals surface area contributed by atoms with Gasteiger partial charge in [-0.15, -0.1) is 11.3 Å². The first-order valence-electron chi connectivity index (χ1n) is 8.24. The Kier molecular flexibility index (Phi) is 5.98. The Labute approximate surface area is 147 Å². The lowest BCUT2D eigenvalue weighted by atomic mass is 9.99. The van der Waals surface area contributed by atoms with Gasteiger partial charge in [0.25, 0.3) is 10.0 Å². The third kappa shape index (κ3) is 4.46. The SMILES string of the molecule is O=S(=O)(c1ccc(Cl)s1)N1CCCN(CC2CCCNC2)CC1. The molecule has 5 nitrogen and oxygen atoms in total. The lowest BCUT2D eigenvalue weighted by Crippen LogP contribution is -2.40. The fourth-order valence-electron chi connectivity index (χ4n) is 3.38. The first-order valence-corrected chi connectivity index (χ1v) is 10.9. The average molecular weight is 378 g/mol. The molecule has 0 bridgehead atoms. The van der Waals surface area contributed by atoms with Crippen LogP contribution >= 0.6 is 22.9 Å². The molecule has 1 aromatic heterocycles. The van der Waals surface area contributed by atoms with Crippen LogP contribution in [0.4, 0.5) is 0 Å². The molecule has 23 heavy (non-hydrogen) atoms. The summed E-state index contributed by atoms with van der Waals surface area (Å²) >= 11 is 7.03. The highest BCUT2D eigenvalue weighted by molar-refractivity contribution is 7.91. The van der Waals surface area contributed by atoms with Gasteiger partial charge in [-0.05, 0) is 56.9 Å². The van der Waals surface area contributed by atoms with E-state index >= 15 is 0 Å². The summed E-state index contributed by atoms with van der Waals surface area (Å²) in [5, 5.41) is 3.45. The maximum atomic E-state index is 12.7. The van der Waals surface area contributed by atoms with E-state index in [0.29, 0.717) is 27.6 Å². The Morgan fingerprint density at radius 1 is 1.22 bits per heavy atom. The van der Waals surface area contributed by atoms with Crippen LogP contribution in [-0.4, -0.2) is 63.4 Å². The normalized spacial score (nSPS) is 25.3. The van der Waals surface area contributed by atoms with E-state index in [2.05, 4.69) is 10.2 Å². The second-order valence-electron chi connectivity index (χ2n) is 6.33. The predicted octanol–water partition coefficient (Wildman–Crippen LogP) is 2.10. The van der Waals surface area contributed by atoms with E-state index in [4.69, 9.17) is 11.6 Å². The van der Waals surface area contributed by atoms with Gasteiger partial charge in [0.05, 0.1) is 4.34 Å². The first-order chi connectivity index (χ1) is 11.1. The predicted molar refractivity (Wildman–Crippen MR) is 94.7 cm³/mol. The molecule has 0 amide bonds. The molecule has 1 unspecified atom stereocenters. The van der Waals surface area contributed by atoms with Crippen molar-refractivity contribution >= 4 is 33.0 Å². The largest absolute Gasteiger partial charge is 0.316 e. The summed E-state index contributed by atoms with van der Waals surface area (Å²) in [7, 11) is -3.39. The highest BCUT2D eigenvalue weighted by atomic mass is 35.5. The second kappa shape index (κ2) is 7.80. The number of hydrogen-bond acceptors (Lipinski definition) is 5. The molecule has 0 radical (unpaired) electrons. The zero-order valence-corrected chi connectivity index (χ0v) is 15.6. The fraction of sp³-hybridized carbons (Fsp3) is 0.733. The minimum Gasteiger partial charge on any atom is -0.316 e. The zero-order chi connectivity index (χ0) is 16.3. The number of hydrogen-bond donors (Lipinski definition) is 1. The molecule has 2 aliphatic rings. The molecule has 1 atom stereocenters. The van der Waals surface area contributed by atoms with Crippen LogP contribution in [0, 0.1) is 5.92 Å². The van der Waals surface area contributed by atoms with Gasteiger partial charge in [-0.25, -0.2) is 8.42 Å². The van der Waals surface area contributed by atoms with Crippen molar-refractivity contribution in [2.45, 2.75) is 23.5 Å². The van der Waals surface area contributed by atoms with Crippen molar-refractivity contribution in [3.8, 4) is 0 Å². The average Bonchev–Trinajstić information content (AvgIpc) is 2.84. The van der Waals surface area contributed by atoms with E-state index in [0.717, 1.165) is 50.5 Å². The van der Waals surface area contributed by atoms with E-state index < -0.39 is 10.0 Å². The molecule has 0 saturated carbocycles. The van der Waals surface area contributed by atoms with Crippen LogP contribution in [0.3, 0.4) is 0 Å². The van der Waals surface area contributed by atoms with E-state index in [-0.39, 0.29) is 0 Å². The maximum absolute atomic E-state index is 12.7. The van der Waals surface area contributed by atoms with Gasteiger partial charge < -0.3 is 10.2 Å². The zero-order valence-electron chi connectivity index (χ0n) is 13.2. The molecule has 0 spiro atoms. The molecule has 1 aromatic rings. The van der Waals surface area contributed by atoms with E-state index in [1.807, 2.05) is 0 Å². The summed E-state index contributed by atoms with van der Waals surface area (Å²) in [4.78, 5) is 2.43. The lowest BCUT2D eigenvalue weighted by molar-refractivity contribution is 0.216. The van der Waals surface area contributed by atoms with Crippen LogP contribution in [0.15, 0.2) is 16.3 Å². The number of sulfonamides is 1. The minimum absolute atomic E-state index is 0.354. The van der Waals surface area contributed by atoms with Gasteiger partial charge in [-0.2, -0.15) is 4.31 Å². The second-order valence-corrected chi connectivity index (χ2v) is 10.2. The summed E-state index contributed by atoms with van der Waals surface area (Å²) in [5.41, 5.74) is 0. The van der Waals surface area contributed by atoms with E-state index in [1.54, 1.807) is 16.4 Å². The van der Waals surface area contributed by atoms with Gasteiger partial charge in [-0.1, -0.05) is 11.6 Å². The van der Waals surface area contributed by atoms with Crippen molar-refractivity contribution in [3.05, 3.63) is 16.5 Å². The van der Waals surface area contributed by atoms with Crippen molar-refractivity contribution in [3.63, 3.8) is 0 Å². The molecule has 0 aromatic carbocycles. The van der Waals surface area contributed by atoms with Gasteiger partial charge >= 0.3 is 0 Å². The van der Waals surface area contributed by atoms with E-state index in [1.165, 1.54) is 12.8 Å². The van der Waals surface area contributed by atoms with Gasteiger partial charge in [-0.3, -0.25) is 0 Å². The third-order valence-corrected chi connectivity index (χ3v) is 8.20. The van der Waals surface area contributed by atoms with Crippen molar-refractivity contribution in [1.82, 2.24) is 14.5 Å². The third-order valence-electron chi connectivity index (χ3n) is 4.61. The summed E-state index contributed by atoms with van der Waals surface area (Å²) < 4.78 is 27.9. The minimum atomic E-state index is -3.39. The van der Waals surface area contributed by atoms with Crippen molar-refractivity contribution in [1.29, 1.82) is 0 Å². The number of rotatable bonds is 4. The molecule has 2 saturated heterocycles. The molecule has 2 fully saturated rings. The van der Waals surface area contributed by atoms with Crippen molar-refractivity contribution < 1.29 is 8.42 Å². The molecular formula is C15H24ClN3O2S2. The van der Waals surface area contributed by atoms with Crippen molar-refractivity contribution in [2.24, 2.45) is 5.92 Å². The van der Waals surface area contributed by atoms with Crippen LogP contribution in [0.25, 0.3) is 0 Å². The van der Waals surface area contributed by atoms with Gasteiger partial charge in [0.15, 0.2) is 0 Å². The Balaban J connectivity index is 1.59. The molecule has 1 N–H and O–H groups in total. The monoisotopic (exact) mass is 377 g/mol. The highest BCUT2D eigenvalue weighted by Crippen LogP contribution is 2.28. The Morgan fingerprint density at radius 2 is 2.09 bits per heavy atom. The van der Waals surface area contributed by atoms with Crippen molar-refractivity contribution in [2.75, 3.05) is 45.8 Å². The Bertz CT molecular complexity index is 614. The Hall–Kier alpha value is -0.180. The number of nitrogens with zero attached hydrogens (tertiary/aromatic N) is 2. The molecule has 2 aliphatic heterocycles. The maximum Gasteiger partial charge on any atom is 0.252 e. The Morgan fingerprint density at radius 3 is 2.78 bits per heavy atom. The topological polar surface area (TPSA) is 52.7 Å². The molecular weight excluding hydrogens is 354 g/mol. The van der Waals surface area contributed by atoms with E-state index in [9.17, 15) is 8.42 Å². The molecule has 0 aliphatic carbocycles. The summed E-state index contributed by atoms with van der Waals surface area (Å²) in [6.45, 7) is 6.25. The van der Waals surface area contributed by atoms with Crippen LogP contribution in [-0.2, 0) is 10.0 Å². The van der Waals surface area contributed by atoms with Gasteiger partial charge in [0.1, 0.15) is 4.21 Å². The summed E-state index contributed by atoms with van der Waals surface area (Å²) in [6, 6.07) is 3.26. The number of piperidine rings is 1. The quantitative estimate of drug-likeness (QED) is 0.873. The summed E-state index contributed by atoms with van der Waals surface area (Å²) in [5.74, 6) is 0.697. The highest BCUT2D eigenvalue weighted by Gasteiger charge is 2.28. The molecule has 3 rings (SSSR count). The molecule has 3 heterocycles. The number of nitrogens with one attached hydrogen (secondary N) is 1. The summed E-state index contributed by atoms with van der Waals surface area (Å²) in [6.07, 6.45) is 3.41. The molecule has 130 valence electrons. The fourth-order valence-corrected chi connectivity index (χ4v) is 6.49. The standard InChI is InChI=1S/C15H24ClN3O2S2/c16-14-4-5-15(22-14)23(20,21)19-8-2-7-18(9-10-19)12-13-3-1-6-17-11-13/h4-5,13,17H,1-3,6-12H2. The van der Waals surface area contributed by atoms with Gasteiger partial charge in [0, 0.05) is 26.2 Å². The number of thiophene rings is 1. The number of halogens is 1. The smallest absolute Gasteiger partial charge is 0.252 e.